The molecule has 2 heteroatoms. The van der Waals surface area contributed by atoms with Crippen LogP contribution in [-0.2, 0) is 6.42 Å². The van der Waals surface area contributed by atoms with Crippen LogP contribution in [-0.4, -0.2) is 23.8 Å². The van der Waals surface area contributed by atoms with Gasteiger partial charge in [0.1, 0.15) is 0 Å². The third-order valence-electron chi connectivity index (χ3n) is 2.48. The predicted octanol–water partition coefficient (Wildman–Crippen LogP) is 0.952. The van der Waals surface area contributed by atoms with E-state index in [1.807, 2.05) is 18.2 Å². The minimum atomic E-state index is -0.166. The second-order valence-corrected chi connectivity index (χ2v) is 3.61. The number of aliphatic hydroxyl groups is 1. The molecule has 0 spiro atoms. The van der Waals surface area contributed by atoms with E-state index in [-0.39, 0.29) is 6.10 Å². The lowest BCUT2D eigenvalue weighted by Crippen LogP contribution is -2.17. The summed E-state index contributed by atoms with van der Waals surface area (Å²) in [7, 11) is 0. The molecule has 2 nitrogen and oxygen atoms in total. The maximum absolute atomic E-state index is 9.59. The first kappa shape index (κ1) is 8.73. The quantitative estimate of drug-likeness (QED) is 0.672. The molecule has 0 radical (unpaired) electrons. The van der Waals surface area contributed by atoms with Crippen molar-refractivity contribution in [3.05, 3.63) is 35.9 Å². The molecule has 0 bridgehead atoms. The summed E-state index contributed by atoms with van der Waals surface area (Å²) in [5.74, 6) is 0. The molecule has 1 heterocycles. The first-order chi connectivity index (χ1) is 6.36. The van der Waals surface area contributed by atoms with E-state index in [9.17, 15) is 5.11 Å². The molecule has 2 atom stereocenters. The zero-order valence-electron chi connectivity index (χ0n) is 7.61. The summed E-state index contributed by atoms with van der Waals surface area (Å²) in [5, 5.41) is 12.7. The van der Waals surface area contributed by atoms with E-state index in [2.05, 4.69) is 17.4 Å². The van der Waals surface area contributed by atoms with E-state index in [1.165, 1.54) is 5.56 Å². The van der Waals surface area contributed by atoms with Crippen molar-refractivity contribution in [2.75, 3.05) is 6.54 Å². The van der Waals surface area contributed by atoms with Crippen LogP contribution in [0, 0.1) is 0 Å². The number of aryl methyl sites for hydroxylation is 1. The van der Waals surface area contributed by atoms with Crippen LogP contribution in [0.1, 0.15) is 12.0 Å². The number of aliphatic hydroxyl groups excluding tert-OH is 1. The van der Waals surface area contributed by atoms with Gasteiger partial charge in [-0.05, 0) is 18.4 Å². The first-order valence-electron chi connectivity index (χ1n) is 4.81. The number of nitrogens with one attached hydrogen (secondary N) is 1. The van der Waals surface area contributed by atoms with E-state index in [0.29, 0.717) is 6.04 Å². The van der Waals surface area contributed by atoms with Crippen LogP contribution in [0.3, 0.4) is 0 Å². The summed E-state index contributed by atoms with van der Waals surface area (Å²) in [6.45, 7) is 0.982. The minimum absolute atomic E-state index is 0.166. The van der Waals surface area contributed by atoms with Gasteiger partial charge in [-0.15, -0.1) is 0 Å². The van der Waals surface area contributed by atoms with E-state index < -0.39 is 0 Å². The van der Waals surface area contributed by atoms with Crippen LogP contribution < -0.4 is 5.32 Å². The molecule has 0 aliphatic carbocycles. The first-order valence-corrected chi connectivity index (χ1v) is 4.81. The summed E-state index contributed by atoms with van der Waals surface area (Å²) in [6, 6.07) is 10.7. The fraction of sp³-hybridized carbons (Fsp3) is 0.455. The van der Waals surface area contributed by atoms with E-state index in [4.69, 9.17) is 0 Å². The Labute approximate surface area is 78.6 Å². The average Bonchev–Trinajstić information content (AvgIpc) is 2.99. The Hall–Kier alpha value is -0.860. The molecule has 70 valence electrons. The molecule has 2 unspecified atom stereocenters. The monoisotopic (exact) mass is 177 g/mol. The maximum Gasteiger partial charge on any atom is 0.0708 e. The van der Waals surface area contributed by atoms with Crippen LogP contribution in [0.5, 0.6) is 0 Å². The standard InChI is InChI=1S/C11H15NO/c13-11(10-8-12-10)7-6-9-4-2-1-3-5-9/h1-5,10-13H,6-8H2. The number of rotatable bonds is 4. The lowest BCUT2D eigenvalue weighted by atomic mass is 10.1. The Kier molecular flexibility index (Phi) is 2.62. The van der Waals surface area contributed by atoms with Gasteiger partial charge < -0.3 is 10.4 Å². The van der Waals surface area contributed by atoms with Crippen LogP contribution in [0.15, 0.2) is 30.3 Å². The fourth-order valence-electron chi connectivity index (χ4n) is 1.50. The molecule has 1 aliphatic heterocycles. The van der Waals surface area contributed by atoms with Gasteiger partial charge >= 0.3 is 0 Å². The van der Waals surface area contributed by atoms with Crippen molar-refractivity contribution >= 4 is 0 Å². The molecule has 13 heavy (non-hydrogen) atoms. The zero-order valence-corrected chi connectivity index (χ0v) is 7.61. The summed E-state index contributed by atoms with van der Waals surface area (Å²) in [6.07, 6.45) is 1.67. The minimum Gasteiger partial charge on any atom is -0.391 e. The van der Waals surface area contributed by atoms with Crippen LogP contribution in [0.4, 0.5) is 0 Å². The summed E-state index contributed by atoms with van der Waals surface area (Å²) in [4.78, 5) is 0. The van der Waals surface area contributed by atoms with Crippen molar-refractivity contribution in [1.29, 1.82) is 0 Å². The molecule has 1 saturated heterocycles. The highest BCUT2D eigenvalue weighted by atomic mass is 16.3. The Bertz CT molecular complexity index is 256. The number of hydrogen-bond acceptors (Lipinski definition) is 2. The average molecular weight is 177 g/mol. The van der Waals surface area contributed by atoms with Crippen molar-refractivity contribution in [1.82, 2.24) is 5.32 Å². The molecule has 2 N–H and O–H groups in total. The van der Waals surface area contributed by atoms with Gasteiger partial charge in [0.2, 0.25) is 0 Å². The summed E-state index contributed by atoms with van der Waals surface area (Å²) < 4.78 is 0. The number of hydrogen-bond donors (Lipinski definition) is 2. The van der Waals surface area contributed by atoms with Gasteiger partial charge in [0.15, 0.2) is 0 Å². The van der Waals surface area contributed by atoms with Crippen molar-refractivity contribution in [2.45, 2.75) is 25.0 Å². The van der Waals surface area contributed by atoms with Gasteiger partial charge in [-0.25, -0.2) is 0 Å². The van der Waals surface area contributed by atoms with Crippen LogP contribution >= 0.6 is 0 Å². The van der Waals surface area contributed by atoms with Gasteiger partial charge in [0.25, 0.3) is 0 Å². The second kappa shape index (κ2) is 3.90. The normalized spacial score (nSPS) is 22.7. The lowest BCUT2D eigenvalue weighted by molar-refractivity contribution is 0.163. The molecule has 1 aliphatic rings. The van der Waals surface area contributed by atoms with Gasteiger partial charge in [0, 0.05) is 12.6 Å². The molecular formula is C11H15NO. The molecule has 1 aromatic rings. The SMILES string of the molecule is OC(CCc1ccccc1)C1CN1. The molecule has 0 aromatic heterocycles. The van der Waals surface area contributed by atoms with Crippen molar-refractivity contribution in [3.63, 3.8) is 0 Å². The maximum atomic E-state index is 9.59. The Morgan fingerprint density at radius 3 is 2.69 bits per heavy atom. The van der Waals surface area contributed by atoms with Gasteiger partial charge in [-0.1, -0.05) is 30.3 Å². The summed E-state index contributed by atoms with van der Waals surface area (Å²) in [5.41, 5.74) is 1.31. The van der Waals surface area contributed by atoms with E-state index in [1.54, 1.807) is 0 Å². The van der Waals surface area contributed by atoms with Crippen molar-refractivity contribution in [2.24, 2.45) is 0 Å². The second-order valence-electron chi connectivity index (χ2n) is 3.61. The van der Waals surface area contributed by atoms with E-state index in [0.717, 1.165) is 19.4 Å². The molecule has 0 amide bonds. The van der Waals surface area contributed by atoms with Gasteiger partial charge in [-0.2, -0.15) is 0 Å². The third-order valence-corrected chi connectivity index (χ3v) is 2.48. The highest BCUT2D eigenvalue weighted by Gasteiger charge is 2.28. The molecular weight excluding hydrogens is 162 g/mol. The zero-order chi connectivity index (χ0) is 9.10. The van der Waals surface area contributed by atoms with Gasteiger partial charge in [0.05, 0.1) is 6.10 Å². The molecule has 1 fully saturated rings. The molecule has 2 rings (SSSR count). The third kappa shape index (κ3) is 2.54. The Morgan fingerprint density at radius 2 is 2.08 bits per heavy atom. The Balaban J connectivity index is 1.78. The largest absolute Gasteiger partial charge is 0.391 e. The van der Waals surface area contributed by atoms with Crippen molar-refractivity contribution in [3.8, 4) is 0 Å². The lowest BCUT2D eigenvalue weighted by Gasteiger charge is -2.07. The topological polar surface area (TPSA) is 42.2 Å². The highest BCUT2D eigenvalue weighted by Crippen LogP contribution is 2.11. The fourth-order valence-corrected chi connectivity index (χ4v) is 1.50. The number of benzene rings is 1. The summed E-state index contributed by atoms with van der Waals surface area (Å²) >= 11 is 0. The smallest absolute Gasteiger partial charge is 0.0708 e. The van der Waals surface area contributed by atoms with E-state index >= 15 is 0 Å². The molecule has 0 saturated carbocycles. The van der Waals surface area contributed by atoms with Crippen molar-refractivity contribution < 1.29 is 5.11 Å². The van der Waals surface area contributed by atoms with Crippen LogP contribution in [0.2, 0.25) is 0 Å². The highest BCUT2D eigenvalue weighted by molar-refractivity contribution is 5.14. The van der Waals surface area contributed by atoms with Gasteiger partial charge in [-0.3, -0.25) is 0 Å². The Morgan fingerprint density at radius 1 is 1.38 bits per heavy atom. The molecule has 1 aromatic carbocycles. The van der Waals surface area contributed by atoms with Crippen LogP contribution in [0.25, 0.3) is 0 Å². The predicted molar refractivity (Wildman–Crippen MR) is 52.6 cm³/mol.